The Balaban J connectivity index is 1.32. The molecule has 1 aliphatic rings. The van der Waals surface area contributed by atoms with E-state index in [0.717, 1.165) is 54.0 Å². The molecular weight excluding hydrogens is 428 g/mol. The summed E-state index contributed by atoms with van der Waals surface area (Å²) >= 11 is 0. The van der Waals surface area contributed by atoms with E-state index in [4.69, 9.17) is 0 Å². The lowest BCUT2D eigenvalue weighted by Gasteiger charge is -2.37. The molecule has 0 bridgehead atoms. The van der Waals surface area contributed by atoms with Gasteiger partial charge in [-0.25, -0.2) is 9.97 Å². The number of amides is 1. The van der Waals surface area contributed by atoms with Gasteiger partial charge in [-0.05, 0) is 43.5 Å². The predicted octanol–water partition coefficient (Wildman–Crippen LogP) is 3.21. The monoisotopic (exact) mass is 456 g/mol. The number of piperazine rings is 1. The number of nitrogens with one attached hydrogen (secondary N) is 1. The number of hydrogen-bond donors (Lipinski definition) is 1. The molecule has 4 aromatic heterocycles. The summed E-state index contributed by atoms with van der Waals surface area (Å²) in [5.41, 5.74) is 2.31. The smallest absolute Gasteiger partial charge is 0.257 e. The van der Waals surface area contributed by atoms with E-state index >= 15 is 0 Å². The second kappa shape index (κ2) is 9.18. The first-order chi connectivity index (χ1) is 16.5. The fraction of sp³-hybridized carbons (Fsp3) is 0.320. The van der Waals surface area contributed by atoms with Gasteiger partial charge in [0.1, 0.15) is 11.6 Å². The van der Waals surface area contributed by atoms with Crippen molar-refractivity contribution in [1.82, 2.24) is 29.6 Å². The quantitative estimate of drug-likeness (QED) is 0.493. The van der Waals surface area contributed by atoms with E-state index in [-0.39, 0.29) is 5.91 Å². The minimum atomic E-state index is -0.210. The standard InChI is InChI=1S/C25H28N8O/c1-17(2)32-6-8-33(9-7-32)24-12-18(4-5-26-24)25(34)30-23-11-19-10-22(21-15-29-31(3)16-21)27-13-20(19)14-28-23/h4-5,10-17H,6-9H2,1-3H3,(H,28,30,34). The van der Waals surface area contributed by atoms with Crippen molar-refractivity contribution in [2.75, 3.05) is 36.4 Å². The van der Waals surface area contributed by atoms with E-state index in [2.05, 4.69) is 49.0 Å². The lowest BCUT2D eigenvalue weighted by Crippen LogP contribution is -2.49. The normalized spacial score (nSPS) is 14.6. The van der Waals surface area contributed by atoms with E-state index in [1.165, 1.54) is 0 Å². The number of fused-ring (bicyclic) bond motifs is 1. The van der Waals surface area contributed by atoms with Gasteiger partial charge in [-0.3, -0.25) is 19.4 Å². The molecule has 0 atom stereocenters. The van der Waals surface area contributed by atoms with Crippen molar-refractivity contribution in [3.8, 4) is 11.3 Å². The van der Waals surface area contributed by atoms with Crippen LogP contribution in [0.5, 0.6) is 0 Å². The number of aromatic nitrogens is 5. The summed E-state index contributed by atoms with van der Waals surface area (Å²) in [7, 11) is 1.87. The van der Waals surface area contributed by atoms with Crippen LogP contribution in [0.2, 0.25) is 0 Å². The molecule has 4 aromatic rings. The lowest BCUT2D eigenvalue weighted by molar-refractivity contribution is 0.102. The highest BCUT2D eigenvalue weighted by atomic mass is 16.1. The summed E-state index contributed by atoms with van der Waals surface area (Å²) in [6.07, 6.45) is 8.89. The fourth-order valence-corrected chi connectivity index (χ4v) is 4.21. The predicted molar refractivity (Wildman–Crippen MR) is 133 cm³/mol. The zero-order valence-corrected chi connectivity index (χ0v) is 19.6. The van der Waals surface area contributed by atoms with E-state index in [1.54, 1.807) is 35.5 Å². The number of anilines is 2. The zero-order chi connectivity index (χ0) is 23.7. The number of nitrogens with zero attached hydrogens (tertiary/aromatic N) is 7. The SMILES string of the molecule is CC(C)N1CCN(c2cc(C(=O)Nc3cc4cc(-c5cnn(C)c5)ncc4cn3)ccn2)CC1. The summed E-state index contributed by atoms with van der Waals surface area (Å²) in [6, 6.07) is 7.96. The first-order valence-corrected chi connectivity index (χ1v) is 11.5. The molecule has 34 heavy (non-hydrogen) atoms. The van der Waals surface area contributed by atoms with Crippen LogP contribution < -0.4 is 10.2 Å². The van der Waals surface area contributed by atoms with E-state index in [0.29, 0.717) is 17.4 Å². The minimum Gasteiger partial charge on any atom is -0.354 e. The van der Waals surface area contributed by atoms with E-state index in [9.17, 15) is 4.79 Å². The topological polar surface area (TPSA) is 92.1 Å². The third-order valence-electron chi connectivity index (χ3n) is 6.22. The Morgan fingerprint density at radius 1 is 0.971 bits per heavy atom. The Labute approximate surface area is 198 Å². The molecular formula is C25H28N8O. The largest absolute Gasteiger partial charge is 0.354 e. The second-order valence-corrected chi connectivity index (χ2v) is 8.86. The number of pyridine rings is 3. The second-order valence-electron chi connectivity index (χ2n) is 8.86. The van der Waals surface area contributed by atoms with Crippen LogP contribution in [0.15, 0.2) is 55.2 Å². The van der Waals surface area contributed by atoms with Gasteiger partial charge in [-0.1, -0.05) is 0 Å². The van der Waals surface area contributed by atoms with Crippen LogP contribution in [0.3, 0.4) is 0 Å². The van der Waals surface area contributed by atoms with Gasteiger partial charge in [0, 0.05) is 80.6 Å². The fourth-order valence-electron chi connectivity index (χ4n) is 4.21. The van der Waals surface area contributed by atoms with E-state index < -0.39 is 0 Å². The van der Waals surface area contributed by atoms with Gasteiger partial charge in [0.2, 0.25) is 0 Å². The number of aryl methyl sites for hydroxylation is 1. The summed E-state index contributed by atoms with van der Waals surface area (Å²) < 4.78 is 1.74. The van der Waals surface area contributed by atoms with Crippen LogP contribution in [0.1, 0.15) is 24.2 Å². The van der Waals surface area contributed by atoms with Crippen molar-refractivity contribution in [3.05, 3.63) is 60.8 Å². The molecule has 0 unspecified atom stereocenters. The Hall–Kier alpha value is -3.85. The van der Waals surface area contributed by atoms with Crippen LogP contribution in [-0.2, 0) is 7.05 Å². The molecule has 1 saturated heterocycles. The van der Waals surface area contributed by atoms with Gasteiger partial charge in [0.25, 0.3) is 5.91 Å². The highest BCUT2D eigenvalue weighted by Crippen LogP contribution is 2.23. The molecule has 5 heterocycles. The first-order valence-electron chi connectivity index (χ1n) is 11.5. The van der Waals surface area contributed by atoms with Gasteiger partial charge in [-0.15, -0.1) is 0 Å². The maximum Gasteiger partial charge on any atom is 0.257 e. The number of hydrogen-bond acceptors (Lipinski definition) is 7. The van der Waals surface area contributed by atoms with E-state index in [1.807, 2.05) is 31.4 Å². The first kappa shape index (κ1) is 22.0. The van der Waals surface area contributed by atoms with Crippen molar-refractivity contribution >= 4 is 28.3 Å². The Kier molecular flexibility index (Phi) is 5.93. The molecule has 1 fully saturated rings. The molecule has 0 aliphatic carbocycles. The minimum absolute atomic E-state index is 0.210. The molecule has 0 radical (unpaired) electrons. The third-order valence-corrected chi connectivity index (χ3v) is 6.22. The lowest BCUT2D eigenvalue weighted by atomic mass is 10.1. The van der Waals surface area contributed by atoms with Gasteiger partial charge in [0.15, 0.2) is 0 Å². The molecule has 5 rings (SSSR count). The van der Waals surface area contributed by atoms with Crippen LogP contribution >= 0.6 is 0 Å². The average Bonchev–Trinajstić information content (AvgIpc) is 3.30. The average molecular weight is 457 g/mol. The highest BCUT2D eigenvalue weighted by Gasteiger charge is 2.20. The van der Waals surface area contributed by atoms with Crippen LogP contribution in [0, 0.1) is 0 Å². The van der Waals surface area contributed by atoms with Gasteiger partial charge < -0.3 is 10.2 Å². The van der Waals surface area contributed by atoms with Crippen molar-refractivity contribution < 1.29 is 4.79 Å². The molecule has 0 spiro atoms. The van der Waals surface area contributed by atoms with Gasteiger partial charge in [0.05, 0.1) is 11.9 Å². The van der Waals surface area contributed by atoms with Gasteiger partial charge in [-0.2, -0.15) is 5.10 Å². The molecule has 174 valence electrons. The molecule has 1 amide bonds. The molecule has 1 N–H and O–H groups in total. The highest BCUT2D eigenvalue weighted by molar-refractivity contribution is 6.05. The number of rotatable bonds is 5. The summed E-state index contributed by atoms with van der Waals surface area (Å²) in [5.74, 6) is 1.11. The Morgan fingerprint density at radius 3 is 2.50 bits per heavy atom. The molecule has 9 heteroatoms. The van der Waals surface area contributed by atoms with Crippen molar-refractivity contribution in [2.45, 2.75) is 19.9 Å². The van der Waals surface area contributed by atoms with Crippen LogP contribution in [-0.4, -0.2) is 67.8 Å². The van der Waals surface area contributed by atoms with Crippen LogP contribution in [0.4, 0.5) is 11.6 Å². The Bertz CT molecular complexity index is 1320. The summed E-state index contributed by atoms with van der Waals surface area (Å²) in [4.78, 5) is 31.1. The molecule has 9 nitrogen and oxygen atoms in total. The van der Waals surface area contributed by atoms with Crippen LogP contribution in [0.25, 0.3) is 22.0 Å². The van der Waals surface area contributed by atoms with Gasteiger partial charge >= 0.3 is 0 Å². The zero-order valence-electron chi connectivity index (χ0n) is 19.6. The Morgan fingerprint density at radius 2 is 1.76 bits per heavy atom. The third kappa shape index (κ3) is 4.60. The van der Waals surface area contributed by atoms with Crippen molar-refractivity contribution in [2.24, 2.45) is 7.05 Å². The summed E-state index contributed by atoms with van der Waals surface area (Å²) in [6.45, 7) is 8.22. The maximum absolute atomic E-state index is 13.0. The molecule has 1 aliphatic heterocycles. The maximum atomic E-state index is 13.0. The number of carbonyl (C=O) groups is 1. The van der Waals surface area contributed by atoms with Crippen molar-refractivity contribution in [1.29, 1.82) is 0 Å². The molecule has 0 saturated carbocycles. The van der Waals surface area contributed by atoms with Crippen molar-refractivity contribution in [3.63, 3.8) is 0 Å². The molecule has 0 aromatic carbocycles. The summed E-state index contributed by atoms with van der Waals surface area (Å²) in [5, 5.41) is 8.98. The number of carbonyl (C=O) groups excluding carboxylic acids is 1.